The van der Waals surface area contributed by atoms with Crippen LogP contribution in [0.2, 0.25) is 0 Å². The Labute approximate surface area is 223 Å². The predicted molar refractivity (Wildman–Crippen MR) is 144 cm³/mol. The number of amides is 2. The highest BCUT2D eigenvalue weighted by atomic mass is 32.2. The fourth-order valence-electron chi connectivity index (χ4n) is 4.26. The van der Waals surface area contributed by atoms with Crippen LogP contribution < -0.4 is 19.1 Å². The van der Waals surface area contributed by atoms with Gasteiger partial charge in [-0.15, -0.1) is 0 Å². The van der Waals surface area contributed by atoms with Gasteiger partial charge in [-0.2, -0.15) is 0 Å². The van der Waals surface area contributed by atoms with Gasteiger partial charge in [-0.1, -0.05) is 60.7 Å². The van der Waals surface area contributed by atoms with Gasteiger partial charge in [-0.05, 0) is 30.2 Å². The number of carbonyl (C=O) groups excluding carboxylic acids is 2. The number of sulfonamides is 1. The number of hydrogen-bond acceptors (Lipinski definition) is 6. The van der Waals surface area contributed by atoms with Crippen LogP contribution in [0.5, 0.6) is 11.5 Å². The highest BCUT2D eigenvalue weighted by molar-refractivity contribution is 7.92. The molecular weight excluding hydrogens is 506 g/mol. The molecular formula is C28H31N3O6S. The van der Waals surface area contributed by atoms with E-state index in [1.54, 1.807) is 18.2 Å². The monoisotopic (exact) mass is 537 g/mol. The molecule has 0 aromatic heterocycles. The van der Waals surface area contributed by atoms with E-state index in [1.165, 1.54) is 18.9 Å². The first-order chi connectivity index (χ1) is 18.3. The van der Waals surface area contributed by atoms with Crippen molar-refractivity contribution >= 4 is 27.5 Å². The van der Waals surface area contributed by atoms with Gasteiger partial charge in [0, 0.05) is 26.1 Å². The van der Waals surface area contributed by atoms with Crippen molar-refractivity contribution in [2.24, 2.45) is 0 Å². The molecule has 0 bridgehead atoms. The lowest BCUT2D eigenvalue weighted by molar-refractivity contribution is -0.139. The smallest absolute Gasteiger partial charge is 0.244 e. The Morgan fingerprint density at radius 2 is 1.55 bits per heavy atom. The zero-order valence-corrected chi connectivity index (χ0v) is 22.2. The molecule has 4 rings (SSSR count). The first kappa shape index (κ1) is 27.0. The lowest BCUT2D eigenvalue weighted by Crippen LogP contribution is -2.53. The Morgan fingerprint density at radius 1 is 0.921 bits per heavy atom. The second-order valence-corrected chi connectivity index (χ2v) is 11.0. The number of ether oxygens (including phenoxy) is 2. The number of rotatable bonds is 11. The molecule has 0 saturated carbocycles. The molecule has 0 spiro atoms. The average Bonchev–Trinajstić information content (AvgIpc) is 3.42. The maximum absolute atomic E-state index is 14.0. The molecule has 38 heavy (non-hydrogen) atoms. The molecule has 0 aliphatic carbocycles. The normalized spacial score (nSPS) is 13.0. The van der Waals surface area contributed by atoms with Crippen molar-refractivity contribution in [1.29, 1.82) is 0 Å². The maximum Gasteiger partial charge on any atom is 0.244 e. The lowest BCUT2D eigenvalue weighted by atomic mass is 10.0. The first-order valence-electron chi connectivity index (χ1n) is 12.3. The van der Waals surface area contributed by atoms with Crippen molar-refractivity contribution in [2.75, 3.05) is 30.4 Å². The summed E-state index contributed by atoms with van der Waals surface area (Å²) in [7, 11) is -2.33. The molecule has 9 nitrogen and oxygen atoms in total. The van der Waals surface area contributed by atoms with Gasteiger partial charge < -0.3 is 19.7 Å². The summed E-state index contributed by atoms with van der Waals surface area (Å²) in [4.78, 5) is 28.5. The summed E-state index contributed by atoms with van der Waals surface area (Å²) in [5.74, 6) is -0.155. The van der Waals surface area contributed by atoms with Gasteiger partial charge in [-0.25, -0.2) is 8.42 Å². The summed E-state index contributed by atoms with van der Waals surface area (Å²) in [6.45, 7) is 1.21. The van der Waals surface area contributed by atoms with Gasteiger partial charge in [0.15, 0.2) is 11.5 Å². The molecule has 1 aliphatic rings. The summed E-state index contributed by atoms with van der Waals surface area (Å²) in [5.41, 5.74) is 1.97. The summed E-state index contributed by atoms with van der Waals surface area (Å²) in [5, 5.41) is 2.67. The van der Waals surface area contributed by atoms with E-state index in [-0.39, 0.29) is 37.1 Å². The van der Waals surface area contributed by atoms with Crippen LogP contribution >= 0.6 is 0 Å². The Kier molecular flexibility index (Phi) is 8.52. The minimum atomic E-state index is -3.85. The lowest BCUT2D eigenvalue weighted by Gasteiger charge is -2.33. The van der Waals surface area contributed by atoms with E-state index < -0.39 is 28.5 Å². The maximum atomic E-state index is 14.0. The third-order valence-corrected chi connectivity index (χ3v) is 8.08. The van der Waals surface area contributed by atoms with Gasteiger partial charge in [0.2, 0.25) is 28.6 Å². The Balaban J connectivity index is 1.71. The number of anilines is 1. The fraction of sp³-hybridized carbons (Fsp3) is 0.286. The van der Waals surface area contributed by atoms with Crippen LogP contribution in [0.15, 0.2) is 78.9 Å². The molecule has 3 aromatic carbocycles. The van der Waals surface area contributed by atoms with E-state index in [1.807, 2.05) is 60.7 Å². The van der Waals surface area contributed by atoms with E-state index in [9.17, 15) is 18.0 Å². The third kappa shape index (κ3) is 6.25. The quantitative estimate of drug-likeness (QED) is 0.403. The molecule has 1 aliphatic heterocycles. The molecule has 200 valence electrons. The molecule has 0 saturated heterocycles. The molecule has 0 radical (unpaired) electrons. The van der Waals surface area contributed by atoms with Gasteiger partial charge >= 0.3 is 0 Å². The standard InChI is InChI=1S/C28H31N3O6S/c1-3-38(34,35)31(23-14-15-25-26(17-23)37-20-36-25)19-27(32)30(18-22-12-8-5-9-13-22)24(28(33)29-2)16-21-10-6-4-7-11-21/h4-15,17,24H,3,16,18-20H2,1-2H3,(H,29,33)/t24-/m0/s1. The second-order valence-electron chi connectivity index (χ2n) is 8.77. The minimum absolute atomic E-state index is 0.0381. The number of hydrogen-bond donors (Lipinski definition) is 1. The predicted octanol–water partition coefficient (Wildman–Crippen LogP) is 2.96. The van der Waals surface area contributed by atoms with Crippen LogP contribution in [0.1, 0.15) is 18.1 Å². The van der Waals surface area contributed by atoms with Gasteiger partial charge in [-0.3, -0.25) is 13.9 Å². The molecule has 0 unspecified atom stereocenters. The number of likely N-dealkylation sites (N-methyl/N-ethyl adjacent to an activating group) is 1. The van der Waals surface area contributed by atoms with Crippen LogP contribution in [0, 0.1) is 0 Å². The zero-order valence-electron chi connectivity index (χ0n) is 21.4. The van der Waals surface area contributed by atoms with E-state index >= 15 is 0 Å². The minimum Gasteiger partial charge on any atom is -0.454 e. The zero-order chi connectivity index (χ0) is 27.1. The Bertz CT molecular complexity index is 1370. The summed E-state index contributed by atoms with van der Waals surface area (Å²) in [6.07, 6.45) is 0.267. The van der Waals surface area contributed by atoms with Gasteiger partial charge in [0.1, 0.15) is 12.6 Å². The molecule has 10 heteroatoms. The molecule has 1 atom stereocenters. The van der Waals surface area contributed by atoms with Crippen molar-refractivity contribution in [3.05, 3.63) is 90.0 Å². The summed E-state index contributed by atoms with van der Waals surface area (Å²) >= 11 is 0. The summed E-state index contributed by atoms with van der Waals surface area (Å²) in [6, 6.07) is 22.6. The number of nitrogens with zero attached hydrogens (tertiary/aromatic N) is 2. The van der Waals surface area contributed by atoms with Crippen molar-refractivity contribution in [3.63, 3.8) is 0 Å². The first-order valence-corrected chi connectivity index (χ1v) is 13.9. The van der Waals surface area contributed by atoms with Crippen molar-refractivity contribution in [3.8, 4) is 11.5 Å². The van der Waals surface area contributed by atoms with Gasteiger partial charge in [0.25, 0.3) is 0 Å². The summed E-state index contributed by atoms with van der Waals surface area (Å²) < 4.78 is 38.2. The molecule has 2 amide bonds. The Hall–Kier alpha value is -4.05. The number of fused-ring (bicyclic) bond motifs is 1. The number of benzene rings is 3. The topological polar surface area (TPSA) is 105 Å². The van der Waals surface area contributed by atoms with Crippen LogP contribution in [0.4, 0.5) is 5.69 Å². The molecule has 3 aromatic rings. The van der Waals surface area contributed by atoms with E-state index in [0.29, 0.717) is 11.5 Å². The van der Waals surface area contributed by atoms with Crippen LogP contribution in [-0.2, 0) is 32.6 Å². The fourth-order valence-corrected chi connectivity index (χ4v) is 5.31. The Morgan fingerprint density at radius 3 is 2.18 bits per heavy atom. The van der Waals surface area contributed by atoms with Crippen molar-refractivity contribution < 1.29 is 27.5 Å². The SMILES string of the molecule is CCS(=O)(=O)N(CC(=O)N(Cc1ccccc1)[C@@H](Cc1ccccc1)C(=O)NC)c1ccc2c(c1)OCO2. The van der Waals surface area contributed by atoms with Crippen molar-refractivity contribution in [2.45, 2.75) is 25.9 Å². The number of carbonyl (C=O) groups is 2. The highest BCUT2D eigenvalue weighted by Crippen LogP contribution is 2.36. The van der Waals surface area contributed by atoms with Gasteiger partial charge in [0.05, 0.1) is 11.4 Å². The van der Waals surface area contributed by atoms with Crippen LogP contribution in [0.3, 0.4) is 0 Å². The second kappa shape index (κ2) is 12.0. The van der Waals surface area contributed by atoms with Crippen LogP contribution in [-0.4, -0.2) is 57.3 Å². The average molecular weight is 538 g/mol. The molecule has 0 fully saturated rings. The third-order valence-electron chi connectivity index (χ3n) is 6.34. The van der Waals surface area contributed by atoms with Crippen LogP contribution in [0.25, 0.3) is 0 Å². The molecule has 1 N–H and O–H groups in total. The highest BCUT2D eigenvalue weighted by Gasteiger charge is 2.33. The van der Waals surface area contributed by atoms with Crippen molar-refractivity contribution in [1.82, 2.24) is 10.2 Å². The van der Waals surface area contributed by atoms with E-state index in [2.05, 4.69) is 5.32 Å². The molecule has 1 heterocycles. The largest absolute Gasteiger partial charge is 0.454 e. The number of nitrogens with one attached hydrogen (secondary N) is 1. The van der Waals surface area contributed by atoms with E-state index in [4.69, 9.17) is 9.47 Å². The van der Waals surface area contributed by atoms with E-state index in [0.717, 1.165) is 15.4 Å².